The van der Waals surface area contributed by atoms with Crippen LogP contribution in [0.2, 0.25) is 0 Å². The van der Waals surface area contributed by atoms with E-state index in [1.807, 2.05) is 5.32 Å². The minimum absolute atomic E-state index is 0.0182. The Bertz CT molecular complexity index is 1320. The summed E-state index contributed by atoms with van der Waals surface area (Å²) in [5.41, 5.74) is 0.278. The number of amides is 2. The van der Waals surface area contributed by atoms with E-state index in [0.717, 1.165) is 0 Å². The Kier molecular flexibility index (Phi) is 6.50. The highest BCUT2D eigenvalue weighted by atomic mass is 32.2. The van der Waals surface area contributed by atoms with Crippen molar-refractivity contribution in [2.45, 2.75) is 4.90 Å². The van der Waals surface area contributed by atoms with E-state index in [1.54, 1.807) is 0 Å². The number of carbonyl (C=O) groups excluding carboxylic acids is 3. The summed E-state index contributed by atoms with van der Waals surface area (Å²) in [5, 5.41) is 2.02. The van der Waals surface area contributed by atoms with Crippen LogP contribution >= 0.6 is 0 Å². The Labute approximate surface area is 193 Å². The number of anilines is 1. The smallest absolute Gasteiger partial charge is 0.338 e. The van der Waals surface area contributed by atoms with Crippen molar-refractivity contribution < 1.29 is 41.4 Å². The molecule has 1 aliphatic heterocycles. The number of hydrogen-bond donors (Lipinski definition) is 2. The van der Waals surface area contributed by atoms with Crippen LogP contribution in [-0.4, -0.2) is 46.0 Å². The minimum atomic E-state index is -3.93. The monoisotopic (exact) mass is 486 g/mol. The fourth-order valence-corrected chi connectivity index (χ4v) is 4.00. The molecular weight excluding hydrogens is 468 g/mol. The molecule has 0 saturated heterocycles. The zero-order valence-electron chi connectivity index (χ0n) is 17.5. The second-order valence-electron chi connectivity index (χ2n) is 6.92. The van der Waals surface area contributed by atoms with Crippen LogP contribution in [0, 0.1) is 0 Å². The number of imide groups is 1. The predicted molar refractivity (Wildman–Crippen MR) is 116 cm³/mol. The van der Waals surface area contributed by atoms with Crippen LogP contribution in [0.3, 0.4) is 0 Å². The Morgan fingerprint density at radius 1 is 0.941 bits per heavy atom. The van der Waals surface area contributed by atoms with Gasteiger partial charge in [-0.05, 0) is 48.5 Å². The van der Waals surface area contributed by atoms with Gasteiger partial charge >= 0.3 is 5.97 Å². The number of furan rings is 1. The summed E-state index contributed by atoms with van der Waals surface area (Å²) < 4.78 is 48.3. The summed E-state index contributed by atoms with van der Waals surface area (Å²) in [5.74, 6) is -1.69. The molecule has 1 aliphatic rings. The van der Waals surface area contributed by atoms with Gasteiger partial charge in [0.25, 0.3) is 21.8 Å². The molecule has 0 atom stereocenters. The van der Waals surface area contributed by atoms with E-state index < -0.39 is 34.4 Å². The second kappa shape index (κ2) is 9.67. The van der Waals surface area contributed by atoms with Crippen LogP contribution < -0.4 is 19.5 Å². The lowest BCUT2D eigenvalue weighted by Gasteiger charge is -2.19. The molecule has 2 amide bonds. The fraction of sp³-hybridized carbons (Fsp3) is 0.136. The first-order valence-corrected chi connectivity index (χ1v) is 11.4. The second-order valence-corrected chi connectivity index (χ2v) is 8.60. The third-order valence-corrected chi connectivity index (χ3v) is 5.91. The molecule has 4 rings (SSSR count). The molecule has 11 nitrogen and oxygen atoms in total. The molecule has 0 radical (unpaired) electrons. The number of fused-ring (bicyclic) bond motifs is 1. The van der Waals surface area contributed by atoms with Crippen molar-refractivity contribution in [1.82, 2.24) is 5.32 Å². The molecule has 0 saturated carbocycles. The van der Waals surface area contributed by atoms with E-state index in [2.05, 4.69) is 4.72 Å². The maximum absolute atomic E-state index is 12.7. The zero-order valence-corrected chi connectivity index (χ0v) is 18.3. The van der Waals surface area contributed by atoms with Crippen molar-refractivity contribution in [3.05, 3.63) is 72.2 Å². The maximum atomic E-state index is 12.7. The van der Waals surface area contributed by atoms with Crippen LogP contribution in [0.15, 0.2) is 70.2 Å². The van der Waals surface area contributed by atoms with E-state index in [-0.39, 0.29) is 21.9 Å². The van der Waals surface area contributed by atoms with Gasteiger partial charge in [0.15, 0.2) is 23.9 Å². The average molecular weight is 486 g/mol. The number of rotatable bonds is 7. The quantitative estimate of drug-likeness (QED) is 0.478. The molecule has 0 fully saturated rings. The molecule has 3 aromatic rings. The lowest BCUT2D eigenvalue weighted by Crippen LogP contribution is -2.33. The first-order chi connectivity index (χ1) is 16.3. The summed E-state index contributed by atoms with van der Waals surface area (Å²) in [7, 11) is -3.93. The number of nitrogens with one attached hydrogen (secondary N) is 2. The normalized spacial score (nSPS) is 12.5. The van der Waals surface area contributed by atoms with Gasteiger partial charge in [0.1, 0.15) is 13.2 Å². The third kappa shape index (κ3) is 5.35. The zero-order chi connectivity index (χ0) is 24.1. The summed E-state index contributed by atoms with van der Waals surface area (Å²) in [4.78, 5) is 35.6. The molecule has 0 spiro atoms. The number of sulfonamides is 1. The summed E-state index contributed by atoms with van der Waals surface area (Å²) >= 11 is 0. The largest absolute Gasteiger partial charge is 0.486 e. The van der Waals surface area contributed by atoms with Gasteiger partial charge < -0.3 is 18.6 Å². The number of carbonyl (C=O) groups is 3. The number of benzene rings is 2. The lowest BCUT2D eigenvalue weighted by molar-refractivity contribution is -0.123. The van der Waals surface area contributed by atoms with Gasteiger partial charge in [0.2, 0.25) is 0 Å². The molecule has 1 aromatic heterocycles. The number of ether oxygens (including phenoxy) is 3. The first-order valence-electron chi connectivity index (χ1n) is 9.89. The van der Waals surface area contributed by atoms with Crippen molar-refractivity contribution in [1.29, 1.82) is 0 Å². The Morgan fingerprint density at radius 3 is 2.38 bits per heavy atom. The van der Waals surface area contributed by atoms with E-state index in [0.29, 0.717) is 24.7 Å². The van der Waals surface area contributed by atoms with Crippen LogP contribution in [0.1, 0.15) is 20.9 Å². The minimum Gasteiger partial charge on any atom is -0.486 e. The van der Waals surface area contributed by atoms with E-state index >= 15 is 0 Å². The molecule has 0 bridgehead atoms. The first kappa shape index (κ1) is 22.9. The van der Waals surface area contributed by atoms with Gasteiger partial charge in [-0.2, -0.15) is 0 Å². The van der Waals surface area contributed by atoms with Crippen molar-refractivity contribution in [2.75, 3.05) is 24.5 Å². The van der Waals surface area contributed by atoms with Crippen molar-refractivity contribution >= 4 is 33.5 Å². The molecule has 176 valence electrons. The third-order valence-electron chi connectivity index (χ3n) is 4.53. The van der Waals surface area contributed by atoms with Gasteiger partial charge in [-0.1, -0.05) is 0 Å². The summed E-state index contributed by atoms with van der Waals surface area (Å²) in [6.07, 6.45) is 1.28. The predicted octanol–water partition coefficient (Wildman–Crippen LogP) is 1.97. The lowest BCUT2D eigenvalue weighted by atomic mass is 10.2. The molecule has 0 aliphatic carbocycles. The Balaban J connectivity index is 1.33. The topological polar surface area (TPSA) is 150 Å². The van der Waals surface area contributed by atoms with Gasteiger partial charge in [0.05, 0.1) is 16.7 Å². The van der Waals surface area contributed by atoms with Crippen molar-refractivity contribution in [3.63, 3.8) is 0 Å². The fourth-order valence-electron chi connectivity index (χ4n) is 2.93. The van der Waals surface area contributed by atoms with Crippen LogP contribution in [0.5, 0.6) is 11.5 Å². The van der Waals surface area contributed by atoms with Gasteiger partial charge in [0, 0.05) is 11.8 Å². The van der Waals surface area contributed by atoms with Crippen molar-refractivity contribution in [3.8, 4) is 11.5 Å². The molecule has 2 aromatic carbocycles. The van der Waals surface area contributed by atoms with Crippen LogP contribution in [0.25, 0.3) is 0 Å². The van der Waals surface area contributed by atoms with Crippen LogP contribution in [-0.2, 0) is 19.6 Å². The standard InChI is InChI=1S/C22H18N2O9S/c25-20(23-21(26)18-2-1-9-30-18)13-33-22(27)14-3-5-15(6-4-14)24-34(28,29)16-7-8-17-19(12-16)32-11-10-31-17/h1-9,12,24H,10-11,13H2,(H,23,25,26). The van der Waals surface area contributed by atoms with E-state index in [1.165, 1.54) is 60.9 Å². The number of esters is 1. The SMILES string of the molecule is O=C(COC(=O)c1ccc(NS(=O)(=O)c2ccc3c(c2)OCCO3)cc1)NC(=O)c1ccco1. The van der Waals surface area contributed by atoms with Crippen molar-refractivity contribution in [2.24, 2.45) is 0 Å². The highest BCUT2D eigenvalue weighted by Gasteiger charge is 2.20. The Hall–Kier alpha value is -4.32. The van der Waals surface area contributed by atoms with Gasteiger partial charge in [-0.25, -0.2) is 13.2 Å². The molecule has 2 heterocycles. The van der Waals surface area contributed by atoms with Gasteiger partial charge in [-0.15, -0.1) is 0 Å². The summed E-state index contributed by atoms with van der Waals surface area (Å²) in [6.45, 7) is 0.0209. The molecular formula is C22H18N2O9S. The molecule has 34 heavy (non-hydrogen) atoms. The molecule has 0 unspecified atom stereocenters. The van der Waals surface area contributed by atoms with Crippen LogP contribution in [0.4, 0.5) is 5.69 Å². The Morgan fingerprint density at radius 2 is 1.68 bits per heavy atom. The average Bonchev–Trinajstić information content (AvgIpc) is 3.38. The summed E-state index contributed by atoms with van der Waals surface area (Å²) in [6, 6.07) is 12.5. The highest BCUT2D eigenvalue weighted by Crippen LogP contribution is 2.32. The molecule has 12 heteroatoms. The van der Waals surface area contributed by atoms with E-state index in [9.17, 15) is 22.8 Å². The maximum Gasteiger partial charge on any atom is 0.338 e. The number of hydrogen-bond acceptors (Lipinski definition) is 9. The molecule has 2 N–H and O–H groups in total. The van der Waals surface area contributed by atoms with E-state index in [4.69, 9.17) is 18.6 Å². The highest BCUT2D eigenvalue weighted by molar-refractivity contribution is 7.92. The van der Waals surface area contributed by atoms with Gasteiger partial charge in [-0.3, -0.25) is 19.6 Å².